The van der Waals surface area contributed by atoms with Crippen molar-refractivity contribution < 1.29 is 26.7 Å². The molecule has 0 aromatic rings. The molecule has 1 heterocycles. The number of aliphatic carboxylic acids is 1. The van der Waals surface area contributed by atoms with Crippen LogP contribution in [0.4, 0.5) is 0 Å². The van der Waals surface area contributed by atoms with Gasteiger partial charge in [-0.2, -0.15) is 0 Å². The minimum atomic E-state index is -3.67. The lowest BCUT2D eigenvalue weighted by molar-refractivity contribution is -0.141. The monoisotopic (exact) mass is 299 g/mol. The van der Waals surface area contributed by atoms with Crippen LogP contribution in [0.5, 0.6) is 0 Å². The van der Waals surface area contributed by atoms with Crippen LogP contribution < -0.4 is 4.72 Å². The first-order chi connectivity index (χ1) is 8.14. The Hall–Kier alpha value is -0.670. The van der Waals surface area contributed by atoms with Crippen molar-refractivity contribution in [3.8, 4) is 0 Å². The van der Waals surface area contributed by atoms with Gasteiger partial charge in [0.05, 0.1) is 22.7 Å². The zero-order chi connectivity index (χ0) is 14.0. The number of rotatable bonds is 6. The lowest BCUT2D eigenvalue weighted by Crippen LogP contribution is -2.36. The largest absolute Gasteiger partial charge is 0.481 e. The molecule has 7 nitrogen and oxygen atoms in total. The van der Waals surface area contributed by atoms with Crippen LogP contribution in [0.1, 0.15) is 19.8 Å². The Labute approximate surface area is 107 Å². The maximum absolute atomic E-state index is 11.7. The van der Waals surface area contributed by atoms with Crippen molar-refractivity contribution in [3.63, 3.8) is 0 Å². The average Bonchev–Trinajstić information content (AvgIpc) is 2.59. The zero-order valence-electron chi connectivity index (χ0n) is 10.00. The van der Waals surface area contributed by atoms with E-state index in [1.54, 1.807) is 0 Å². The van der Waals surface area contributed by atoms with E-state index in [4.69, 9.17) is 5.11 Å². The molecule has 0 amide bonds. The first-order valence-corrected chi connectivity index (χ1v) is 8.92. The zero-order valence-corrected chi connectivity index (χ0v) is 11.6. The van der Waals surface area contributed by atoms with Gasteiger partial charge in [-0.25, -0.2) is 21.6 Å². The van der Waals surface area contributed by atoms with Crippen LogP contribution in [0.15, 0.2) is 0 Å². The predicted octanol–water partition coefficient (Wildman–Crippen LogP) is -0.796. The van der Waals surface area contributed by atoms with E-state index in [9.17, 15) is 21.6 Å². The van der Waals surface area contributed by atoms with Crippen LogP contribution in [-0.4, -0.2) is 51.2 Å². The van der Waals surface area contributed by atoms with Gasteiger partial charge in [0.2, 0.25) is 10.0 Å². The van der Waals surface area contributed by atoms with Gasteiger partial charge in [-0.1, -0.05) is 6.92 Å². The highest BCUT2D eigenvalue weighted by atomic mass is 32.2. The number of carboxylic acids is 1. The maximum atomic E-state index is 11.7. The Morgan fingerprint density at radius 3 is 2.56 bits per heavy atom. The van der Waals surface area contributed by atoms with Crippen LogP contribution in [0, 0.1) is 5.92 Å². The van der Waals surface area contributed by atoms with Crippen LogP contribution in [-0.2, 0) is 24.7 Å². The molecule has 9 heteroatoms. The molecular formula is C9H17NO6S2. The van der Waals surface area contributed by atoms with Crippen LogP contribution in [0.2, 0.25) is 0 Å². The summed E-state index contributed by atoms with van der Waals surface area (Å²) >= 11 is 0. The van der Waals surface area contributed by atoms with Crippen molar-refractivity contribution >= 4 is 25.8 Å². The van der Waals surface area contributed by atoms with E-state index in [2.05, 4.69) is 4.72 Å². The van der Waals surface area contributed by atoms with Gasteiger partial charge in [0, 0.05) is 6.54 Å². The lowest BCUT2D eigenvalue weighted by Gasteiger charge is -2.12. The standard InChI is InChI=1S/C9H17NO6S2/c1-7(9(11)12)2-4-10-18(15,16)8-3-5-17(13,14)6-8/h7-8,10H,2-6H2,1H3,(H,11,12). The summed E-state index contributed by atoms with van der Waals surface area (Å²) in [5, 5.41) is 7.72. The molecule has 0 aromatic heterocycles. The van der Waals surface area contributed by atoms with Crippen molar-refractivity contribution in [3.05, 3.63) is 0 Å². The summed E-state index contributed by atoms with van der Waals surface area (Å²) in [6.45, 7) is 1.49. The Kier molecular flexibility index (Phi) is 4.73. The smallest absolute Gasteiger partial charge is 0.306 e. The van der Waals surface area contributed by atoms with Gasteiger partial charge in [-0.05, 0) is 12.8 Å². The maximum Gasteiger partial charge on any atom is 0.306 e. The number of nitrogens with one attached hydrogen (secondary N) is 1. The van der Waals surface area contributed by atoms with E-state index < -0.39 is 37.0 Å². The Morgan fingerprint density at radius 1 is 1.50 bits per heavy atom. The van der Waals surface area contributed by atoms with Crippen molar-refractivity contribution in [2.24, 2.45) is 5.92 Å². The highest BCUT2D eigenvalue weighted by Gasteiger charge is 2.36. The number of hydrogen-bond acceptors (Lipinski definition) is 5. The van der Waals surface area contributed by atoms with E-state index in [-0.39, 0.29) is 30.9 Å². The normalized spacial score (nSPS) is 24.8. The molecule has 106 valence electrons. The fourth-order valence-electron chi connectivity index (χ4n) is 1.66. The van der Waals surface area contributed by atoms with Gasteiger partial charge in [-0.3, -0.25) is 4.79 Å². The summed E-state index contributed by atoms with van der Waals surface area (Å²) in [6, 6.07) is 0. The molecule has 1 aliphatic rings. The van der Waals surface area contributed by atoms with Crippen molar-refractivity contribution in [1.82, 2.24) is 4.72 Å². The average molecular weight is 299 g/mol. The van der Waals surface area contributed by atoms with Crippen LogP contribution in [0.25, 0.3) is 0 Å². The molecule has 0 bridgehead atoms. The summed E-state index contributed by atoms with van der Waals surface area (Å²) in [5.41, 5.74) is 0. The number of hydrogen-bond donors (Lipinski definition) is 2. The molecule has 0 radical (unpaired) electrons. The summed E-state index contributed by atoms with van der Waals surface area (Å²) in [7, 11) is -6.92. The molecule has 0 spiro atoms. The minimum Gasteiger partial charge on any atom is -0.481 e. The van der Waals surface area contributed by atoms with E-state index >= 15 is 0 Å². The number of sulfone groups is 1. The second kappa shape index (κ2) is 5.54. The van der Waals surface area contributed by atoms with Gasteiger partial charge < -0.3 is 5.11 Å². The first-order valence-electron chi connectivity index (χ1n) is 5.56. The fraction of sp³-hybridized carbons (Fsp3) is 0.889. The molecule has 0 aromatic carbocycles. The van der Waals surface area contributed by atoms with Crippen LogP contribution >= 0.6 is 0 Å². The summed E-state index contributed by atoms with van der Waals surface area (Å²) in [4.78, 5) is 10.5. The van der Waals surface area contributed by atoms with Gasteiger partial charge in [-0.15, -0.1) is 0 Å². The lowest BCUT2D eigenvalue weighted by atomic mass is 10.1. The molecule has 1 aliphatic heterocycles. The summed E-state index contributed by atoms with van der Waals surface area (Å²) < 4.78 is 48.1. The summed E-state index contributed by atoms with van der Waals surface area (Å²) in [5.74, 6) is -2.08. The van der Waals surface area contributed by atoms with Gasteiger partial charge in [0.1, 0.15) is 0 Å². The van der Waals surface area contributed by atoms with Gasteiger partial charge in [0.15, 0.2) is 9.84 Å². The Morgan fingerprint density at radius 2 is 2.11 bits per heavy atom. The fourth-order valence-corrected chi connectivity index (χ4v) is 5.76. The van der Waals surface area contributed by atoms with Crippen LogP contribution in [0.3, 0.4) is 0 Å². The van der Waals surface area contributed by atoms with Gasteiger partial charge >= 0.3 is 5.97 Å². The molecule has 0 saturated carbocycles. The van der Waals surface area contributed by atoms with E-state index in [1.807, 2.05) is 0 Å². The molecule has 2 N–H and O–H groups in total. The number of carbonyl (C=O) groups is 1. The third kappa shape index (κ3) is 4.21. The number of sulfonamides is 1. The van der Waals surface area contributed by atoms with Crippen molar-refractivity contribution in [2.75, 3.05) is 18.1 Å². The van der Waals surface area contributed by atoms with E-state index in [0.717, 1.165) is 0 Å². The molecule has 1 saturated heterocycles. The molecule has 2 atom stereocenters. The molecular weight excluding hydrogens is 282 g/mol. The summed E-state index contributed by atoms with van der Waals surface area (Å²) in [6.07, 6.45) is 0.278. The molecule has 0 aliphatic carbocycles. The first kappa shape index (κ1) is 15.4. The van der Waals surface area contributed by atoms with Crippen molar-refractivity contribution in [1.29, 1.82) is 0 Å². The quantitative estimate of drug-likeness (QED) is 0.663. The third-order valence-electron chi connectivity index (χ3n) is 2.93. The second-order valence-corrected chi connectivity index (χ2v) is 8.77. The van der Waals surface area contributed by atoms with Crippen molar-refractivity contribution in [2.45, 2.75) is 25.0 Å². The molecule has 2 unspecified atom stereocenters. The van der Waals surface area contributed by atoms with E-state index in [0.29, 0.717) is 0 Å². The highest BCUT2D eigenvalue weighted by Crippen LogP contribution is 2.18. The Bertz CT molecular complexity index is 509. The van der Waals surface area contributed by atoms with E-state index in [1.165, 1.54) is 6.92 Å². The topological polar surface area (TPSA) is 118 Å². The highest BCUT2D eigenvalue weighted by molar-refractivity contribution is 7.95. The SMILES string of the molecule is CC(CCNS(=O)(=O)C1CCS(=O)(=O)C1)C(=O)O. The molecule has 1 rings (SSSR count). The Balaban J connectivity index is 2.49. The second-order valence-electron chi connectivity index (χ2n) is 4.49. The minimum absolute atomic E-state index is 0.00630. The molecule has 18 heavy (non-hydrogen) atoms. The number of carboxylic acid groups (broad SMARTS) is 1. The van der Waals surface area contributed by atoms with Gasteiger partial charge in [0.25, 0.3) is 0 Å². The molecule has 1 fully saturated rings. The third-order valence-corrected chi connectivity index (χ3v) is 6.80. The predicted molar refractivity (Wildman–Crippen MR) is 65.4 cm³/mol.